The lowest BCUT2D eigenvalue weighted by atomic mass is 10.1. The van der Waals surface area contributed by atoms with Crippen LogP contribution in [0, 0.1) is 13.8 Å². The zero-order chi connectivity index (χ0) is 24.0. The molecular formula is C25H27ClN2O4S. The molecule has 0 aliphatic heterocycles. The van der Waals surface area contributed by atoms with E-state index >= 15 is 0 Å². The molecule has 0 aliphatic rings. The van der Waals surface area contributed by atoms with Crippen LogP contribution in [0.25, 0.3) is 0 Å². The number of methoxy groups -OCH3 is 1. The minimum absolute atomic E-state index is 0.0357. The number of carbonyl (C=O) groups is 1. The average Bonchev–Trinajstić information content (AvgIpc) is 2.79. The summed E-state index contributed by atoms with van der Waals surface area (Å²) < 4.78 is 33.8. The smallest absolute Gasteiger partial charge is 0.247 e. The van der Waals surface area contributed by atoms with Crippen molar-refractivity contribution in [3.8, 4) is 5.75 Å². The van der Waals surface area contributed by atoms with Crippen LogP contribution in [-0.4, -0.2) is 38.8 Å². The number of benzene rings is 3. The van der Waals surface area contributed by atoms with E-state index in [0.717, 1.165) is 16.7 Å². The van der Waals surface area contributed by atoms with Gasteiger partial charge in [0.25, 0.3) is 0 Å². The fraction of sp³-hybridized carbons (Fsp3) is 0.240. The van der Waals surface area contributed by atoms with E-state index in [4.69, 9.17) is 16.3 Å². The number of ether oxygens (including phenoxy) is 1. The molecule has 8 heteroatoms. The van der Waals surface area contributed by atoms with E-state index in [2.05, 4.69) is 5.32 Å². The molecule has 0 saturated heterocycles. The van der Waals surface area contributed by atoms with Crippen LogP contribution in [0.4, 0.5) is 5.69 Å². The Morgan fingerprint density at radius 3 is 2.42 bits per heavy atom. The Hall–Kier alpha value is -2.87. The number of nitrogens with zero attached hydrogens (tertiary/aromatic N) is 1. The van der Waals surface area contributed by atoms with Crippen molar-refractivity contribution in [2.45, 2.75) is 25.2 Å². The number of halogens is 1. The number of hydrogen-bond acceptors (Lipinski definition) is 4. The molecule has 0 heterocycles. The Labute approximate surface area is 200 Å². The van der Waals surface area contributed by atoms with E-state index in [1.165, 1.54) is 11.4 Å². The summed E-state index contributed by atoms with van der Waals surface area (Å²) in [5, 5.41) is 3.35. The number of aryl methyl sites for hydroxylation is 2. The van der Waals surface area contributed by atoms with Gasteiger partial charge in [-0.3, -0.25) is 4.79 Å². The lowest BCUT2D eigenvalue weighted by molar-refractivity contribution is -0.116. The van der Waals surface area contributed by atoms with E-state index in [9.17, 15) is 13.2 Å². The maximum Gasteiger partial charge on any atom is 0.247 e. The van der Waals surface area contributed by atoms with Gasteiger partial charge in [-0.25, -0.2) is 8.42 Å². The third kappa shape index (κ3) is 6.35. The van der Waals surface area contributed by atoms with E-state index in [0.29, 0.717) is 17.1 Å². The third-order valence-corrected chi connectivity index (χ3v) is 7.31. The highest BCUT2D eigenvalue weighted by Crippen LogP contribution is 2.28. The SMILES string of the molecule is COc1ccc(C)cc1S(=O)(=O)N(CCc1ccccc1)CC(=O)Nc1ccc(Cl)cc1C. The molecule has 0 saturated carbocycles. The van der Waals surface area contributed by atoms with Gasteiger partial charge in [0.2, 0.25) is 15.9 Å². The molecule has 0 unspecified atom stereocenters. The van der Waals surface area contributed by atoms with Gasteiger partial charge in [-0.15, -0.1) is 0 Å². The minimum atomic E-state index is -4.01. The van der Waals surface area contributed by atoms with Gasteiger partial charge in [-0.05, 0) is 67.3 Å². The van der Waals surface area contributed by atoms with Crippen molar-refractivity contribution >= 4 is 33.2 Å². The van der Waals surface area contributed by atoms with E-state index < -0.39 is 15.9 Å². The number of anilines is 1. The van der Waals surface area contributed by atoms with Gasteiger partial charge < -0.3 is 10.1 Å². The second-order valence-corrected chi connectivity index (χ2v) is 10.1. The van der Waals surface area contributed by atoms with Crippen LogP contribution in [0.1, 0.15) is 16.7 Å². The van der Waals surface area contributed by atoms with Crippen LogP contribution in [0.5, 0.6) is 5.75 Å². The molecule has 0 fully saturated rings. The van der Waals surface area contributed by atoms with Gasteiger partial charge in [0.15, 0.2) is 0 Å². The second kappa shape index (κ2) is 10.8. The van der Waals surface area contributed by atoms with Crippen LogP contribution in [0.15, 0.2) is 71.6 Å². The lowest BCUT2D eigenvalue weighted by Gasteiger charge is -2.23. The predicted octanol–water partition coefficient (Wildman–Crippen LogP) is 4.84. The number of rotatable bonds is 9. The quantitative estimate of drug-likeness (QED) is 0.469. The van der Waals surface area contributed by atoms with Gasteiger partial charge in [0, 0.05) is 17.3 Å². The van der Waals surface area contributed by atoms with Crippen molar-refractivity contribution in [2.24, 2.45) is 0 Å². The first kappa shape index (κ1) is 24.8. The molecule has 174 valence electrons. The third-order valence-electron chi connectivity index (χ3n) is 5.21. The molecular weight excluding hydrogens is 460 g/mol. The Morgan fingerprint density at radius 1 is 1.03 bits per heavy atom. The van der Waals surface area contributed by atoms with Gasteiger partial charge in [0.05, 0.1) is 13.7 Å². The van der Waals surface area contributed by atoms with Crippen molar-refractivity contribution in [2.75, 3.05) is 25.5 Å². The van der Waals surface area contributed by atoms with Gasteiger partial charge in [-0.2, -0.15) is 4.31 Å². The Morgan fingerprint density at radius 2 is 1.76 bits per heavy atom. The molecule has 0 radical (unpaired) electrons. The summed E-state index contributed by atoms with van der Waals surface area (Å²) in [6, 6.07) is 19.6. The van der Waals surface area contributed by atoms with E-state index in [1.807, 2.05) is 44.2 Å². The van der Waals surface area contributed by atoms with Crippen LogP contribution < -0.4 is 10.1 Å². The maximum atomic E-state index is 13.6. The maximum absolute atomic E-state index is 13.6. The number of nitrogens with one attached hydrogen (secondary N) is 1. The fourth-order valence-electron chi connectivity index (χ4n) is 3.42. The number of carbonyl (C=O) groups excluding carboxylic acids is 1. The first-order valence-corrected chi connectivity index (χ1v) is 12.3. The first-order valence-electron chi connectivity index (χ1n) is 10.5. The molecule has 0 bridgehead atoms. The summed E-state index contributed by atoms with van der Waals surface area (Å²) in [6.45, 7) is 3.43. The van der Waals surface area contributed by atoms with Crippen LogP contribution in [-0.2, 0) is 21.2 Å². The van der Waals surface area contributed by atoms with Crippen LogP contribution in [0.3, 0.4) is 0 Å². The monoisotopic (exact) mass is 486 g/mol. The van der Waals surface area contributed by atoms with Crippen molar-refractivity contribution in [3.63, 3.8) is 0 Å². The largest absolute Gasteiger partial charge is 0.495 e. The Bertz CT molecular complexity index is 1230. The lowest BCUT2D eigenvalue weighted by Crippen LogP contribution is -2.39. The van der Waals surface area contributed by atoms with Crippen molar-refractivity contribution in [1.82, 2.24) is 4.31 Å². The molecule has 0 spiro atoms. The molecule has 3 aromatic carbocycles. The second-order valence-electron chi connectivity index (χ2n) is 7.74. The molecule has 6 nitrogen and oxygen atoms in total. The van der Waals surface area contributed by atoms with Crippen molar-refractivity contribution in [3.05, 3.63) is 88.4 Å². The van der Waals surface area contributed by atoms with E-state index in [1.54, 1.807) is 36.4 Å². The number of hydrogen-bond donors (Lipinski definition) is 1. The highest BCUT2D eigenvalue weighted by Gasteiger charge is 2.29. The first-order chi connectivity index (χ1) is 15.7. The summed E-state index contributed by atoms with van der Waals surface area (Å²) in [5.74, 6) is -0.206. The van der Waals surface area contributed by atoms with Crippen molar-refractivity contribution < 1.29 is 17.9 Å². The van der Waals surface area contributed by atoms with Gasteiger partial charge in [0.1, 0.15) is 10.6 Å². The van der Waals surface area contributed by atoms with Crippen molar-refractivity contribution in [1.29, 1.82) is 0 Å². The summed E-state index contributed by atoms with van der Waals surface area (Å²) >= 11 is 5.99. The molecule has 3 rings (SSSR count). The Kier molecular flexibility index (Phi) is 8.13. The fourth-order valence-corrected chi connectivity index (χ4v) is 5.29. The normalized spacial score (nSPS) is 11.4. The van der Waals surface area contributed by atoms with Crippen LogP contribution >= 0.6 is 11.6 Å². The zero-order valence-corrected chi connectivity index (χ0v) is 20.4. The zero-order valence-electron chi connectivity index (χ0n) is 18.8. The summed E-state index contributed by atoms with van der Waals surface area (Å²) in [4.78, 5) is 12.9. The minimum Gasteiger partial charge on any atom is -0.495 e. The molecule has 0 aliphatic carbocycles. The van der Waals surface area contributed by atoms with Gasteiger partial charge >= 0.3 is 0 Å². The molecule has 33 heavy (non-hydrogen) atoms. The summed E-state index contributed by atoms with van der Waals surface area (Å²) in [6.07, 6.45) is 0.460. The topological polar surface area (TPSA) is 75.7 Å². The Balaban J connectivity index is 1.90. The van der Waals surface area contributed by atoms with Crippen LogP contribution in [0.2, 0.25) is 5.02 Å². The van der Waals surface area contributed by atoms with Gasteiger partial charge in [-0.1, -0.05) is 48.0 Å². The molecule has 3 aromatic rings. The molecule has 0 aromatic heterocycles. The number of sulfonamides is 1. The molecule has 0 atom stereocenters. The average molecular weight is 487 g/mol. The number of amides is 1. The highest BCUT2D eigenvalue weighted by molar-refractivity contribution is 7.89. The summed E-state index contributed by atoms with van der Waals surface area (Å²) in [5.41, 5.74) is 3.12. The predicted molar refractivity (Wildman–Crippen MR) is 131 cm³/mol. The summed E-state index contributed by atoms with van der Waals surface area (Å²) in [7, 11) is -2.59. The standard InChI is InChI=1S/C25H27ClN2O4S/c1-18-9-12-23(32-3)24(15-18)33(30,31)28(14-13-20-7-5-4-6-8-20)17-25(29)27-22-11-10-21(26)16-19(22)2/h4-12,15-16H,13-14,17H2,1-3H3,(H,27,29). The molecule has 1 amide bonds. The van der Waals surface area contributed by atoms with E-state index in [-0.39, 0.29) is 23.7 Å². The molecule has 1 N–H and O–H groups in total. The highest BCUT2D eigenvalue weighted by atomic mass is 35.5.